The maximum Gasteiger partial charge on any atom is 0.221 e. The van der Waals surface area contributed by atoms with Crippen LogP contribution in [-0.4, -0.2) is 5.91 Å². The van der Waals surface area contributed by atoms with E-state index in [4.69, 9.17) is 4.74 Å². The molecule has 0 saturated heterocycles. The van der Waals surface area contributed by atoms with Gasteiger partial charge in [0.2, 0.25) is 5.91 Å². The van der Waals surface area contributed by atoms with Crippen molar-refractivity contribution < 1.29 is 9.53 Å². The molecule has 0 aliphatic heterocycles. The summed E-state index contributed by atoms with van der Waals surface area (Å²) in [6.07, 6.45) is 0. The smallest absolute Gasteiger partial charge is 0.221 e. The van der Waals surface area contributed by atoms with Gasteiger partial charge in [-0.05, 0) is 69.8 Å². The van der Waals surface area contributed by atoms with Crippen LogP contribution in [-0.2, 0) is 4.79 Å². The van der Waals surface area contributed by atoms with Crippen LogP contribution in [0.1, 0.15) is 57.6 Å². The lowest BCUT2D eigenvalue weighted by atomic mass is 10.0. The van der Waals surface area contributed by atoms with Gasteiger partial charge in [0.1, 0.15) is 5.75 Å². The highest BCUT2D eigenvalue weighted by molar-refractivity contribution is 14.1. The van der Waals surface area contributed by atoms with Crippen LogP contribution in [0.3, 0.4) is 0 Å². The lowest BCUT2D eigenvalue weighted by molar-refractivity contribution is -0.114. The van der Waals surface area contributed by atoms with E-state index in [9.17, 15) is 4.79 Å². The fourth-order valence-corrected chi connectivity index (χ4v) is 2.80. The number of anilines is 1. The lowest BCUT2D eigenvalue weighted by Crippen LogP contribution is -2.07. The van der Waals surface area contributed by atoms with Crippen molar-refractivity contribution in [2.75, 3.05) is 5.32 Å². The molecule has 4 heteroatoms. The number of halogens is 1. The average Bonchev–Trinajstić information content (AvgIpc) is 2.50. The molecule has 2 rings (SSSR count). The number of hydrogen-bond acceptors (Lipinski definition) is 2. The van der Waals surface area contributed by atoms with Crippen molar-refractivity contribution in [2.45, 2.75) is 46.5 Å². The van der Waals surface area contributed by atoms with Crippen molar-refractivity contribution >= 4 is 34.2 Å². The van der Waals surface area contributed by atoms with E-state index in [2.05, 4.69) is 73.8 Å². The summed E-state index contributed by atoms with van der Waals surface area (Å²) in [7, 11) is 0. The van der Waals surface area contributed by atoms with Gasteiger partial charge in [0, 0.05) is 6.92 Å². The van der Waals surface area contributed by atoms with Crippen LogP contribution in [0.15, 0.2) is 36.4 Å². The van der Waals surface area contributed by atoms with E-state index in [1.807, 2.05) is 18.2 Å². The molecule has 0 aliphatic carbocycles. The van der Waals surface area contributed by atoms with Crippen molar-refractivity contribution in [1.82, 2.24) is 0 Å². The highest BCUT2D eigenvalue weighted by Gasteiger charge is 2.13. The number of carbonyl (C=O) groups is 1. The zero-order valence-electron chi connectivity index (χ0n) is 14.8. The molecule has 2 aromatic carbocycles. The Morgan fingerprint density at radius 3 is 2.04 bits per heavy atom. The number of ether oxygens (including phenoxy) is 1. The van der Waals surface area contributed by atoms with E-state index in [1.54, 1.807) is 0 Å². The Hall–Kier alpha value is -1.56. The first-order valence-corrected chi connectivity index (χ1v) is 9.24. The quantitative estimate of drug-likeness (QED) is 0.559. The van der Waals surface area contributed by atoms with Gasteiger partial charge in [0.15, 0.2) is 5.75 Å². The Morgan fingerprint density at radius 2 is 1.50 bits per heavy atom. The van der Waals surface area contributed by atoms with Crippen molar-refractivity contribution in [3.05, 3.63) is 51.1 Å². The fourth-order valence-electron chi connectivity index (χ4n) is 2.35. The molecule has 0 bridgehead atoms. The summed E-state index contributed by atoms with van der Waals surface area (Å²) in [5, 5.41) is 2.85. The van der Waals surface area contributed by atoms with Gasteiger partial charge in [-0.25, -0.2) is 0 Å². The van der Waals surface area contributed by atoms with Gasteiger partial charge in [-0.3, -0.25) is 4.79 Å². The molecule has 0 heterocycles. The number of rotatable bonds is 5. The van der Waals surface area contributed by atoms with Crippen LogP contribution in [0, 0.1) is 3.57 Å². The molecule has 24 heavy (non-hydrogen) atoms. The Bertz CT molecular complexity index is 738. The maximum absolute atomic E-state index is 11.5. The molecule has 0 saturated carbocycles. The van der Waals surface area contributed by atoms with Crippen LogP contribution >= 0.6 is 22.6 Å². The first kappa shape index (κ1) is 18.8. The van der Waals surface area contributed by atoms with E-state index < -0.39 is 0 Å². The molecule has 1 N–H and O–H groups in total. The van der Waals surface area contributed by atoms with E-state index >= 15 is 0 Å². The predicted octanol–water partition coefficient (Wildman–Crippen LogP) is 6.29. The highest BCUT2D eigenvalue weighted by atomic mass is 127. The molecule has 128 valence electrons. The molecule has 2 aromatic rings. The van der Waals surface area contributed by atoms with Crippen molar-refractivity contribution in [3.63, 3.8) is 0 Å². The number of amides is 1. The first-order valence-electron chi connectivity index (χ1n) is 8.16. The summed E-state index contributed by atoms with van der Waals surface area (Å²) in [6.45, 7) is 10.1. The minimum atomic E-state index is -0.109. The summed E-state index contributed by atoms with van der Waals surface area (Å²) < 4.78 is 7.24. The summed E-state index contributed by atoms with van der Waals surface area (Å²) in [5.74, 6) is 2.20. The molecule has 0 radical (unpaired) electrons. The Kier molecular flexibility index (Phi) is 6.27. The second-order valence-electron chi connectivity index (χ2n) is 6.54. The number of hydrogen-bond donors (Lipinski definition) is 1. The summed E-state index contributed by atoms with van der Waals surface area (Å²) in [4.78, 5) is 11.5. The van der Waals surface area contributed by atoms with Crippen LogP contribution < -0.4 is 10.1 Å². The lowest BCUT2D eigenvalue weighted by Gasteiger charge is -2.17. The normalized spacial score (nSPS) is 11.0. The Balaban J connectivity index is 2.45. The standard InChI is InChI=1S/C20H24INO2/c1-12(2)15-6-8-17(21)19(10-15)24-20-11-16(13(3)4)7-9-18(20)22-14(5)23/h6-13H,1-5H3,(H,22,23). The molecule has 0 aliphatic rings. The van der Waals surface area contributed by atoms with Crippen molar-refractivity contribution in [3.8, 4) is 11.5 Å². The second kappa shape index (κ2) is 8.01. The molecule has 0 atom stereocenters. The zero-order valence-corrected chi connectivity index (χ0v) is 17.0. The minimum absolute atomic E-state index is 0.109. The van der Waals surface area contributed by atoms with Gasteiger partial charge in [0.05, 0.1) is 9.26 Å². The third-order valence-electron chi connectivity index (χ3n) is 3.82. The van der Waals surface area contributed by atoms with E-state index in [-0.39, 0.29) is 5.91 Å². The van der Waals surface area contributed by atoms with Crippen LogP contribution in [0.5, 0.6) is 11.5 Å². The summed E-state index contributed by atoms with van der Waals surface area (Å²) in [6, 6.07) is 12.2. The van der Waals surface area contributed by atoms with Crippen LogP contribution in [0.4, 0.5) is 5.69 Å². The Morgan fingerprint density at radius 1 is 0.958 bits per heavy atom. The second-order valence-corrected chi connectivity index (χ2v) is 7.70. The zero-order chi connectivity index (χ0) is 17.9. The van der Waals surface area contributed by atoms with Crippen molar-refractivity contribution in [2.24, 2.45) is 0 Å². The van der Waals surface area contributed by atoms with Gasteiger partial charge in [-0.2, -0.15) is 0 Å². The van der Waals surface area contributed by atoms with Crippen LogP contribution in [0.25, 0.3) is 0 Å². The Labute approximate surface area is 157 Å². The topological polar surface area (TPSA) is 38.3 Å². The van der Waals surface area contributed by atoms with Gasteiger partial charge in [0.25, 0.3) is 0 Å². The molecular weight excluding hydrogens is 413 g/mol. The molecule has 1 amide bonds. The van der Waals surface area contributed by atoms with Crippen molar-refractivity contribution in [1.29, 1.82) is 0 Å². The average molecular weight is 437 g/mol. The van der Waals surface area contributed by atoms with E-state index in [1.165, 1.54) is 18.1 Å². The third-order valence-corrected chi connectivity index (χ3v) is 4.72. The summed E-state index contributed by atoms with van der Waals surface area (Å²) >= 11 is 2.27. The molecule has 0 spiro atoms. The highest BCUT2D eigenvalue weighted by Crippen LogP contribution is 2.36. The van der Waals surface area contributed by atoms with Gasteiger partial charge in [-0.15, -0.1) is 0 Å². The number of nitrogens with one attached hydrogen (secondary N) is 1. The van der Waals surface area contributed by atoms with Gasteiger partial charge < -0.3 is 10.1 Å². The monoisotopic (exact) mass is 437 g/mol. The predicted molar refractivity (Wildman–Crippen MR) is 108 cm³/mol. The molecular formula is C20H24INO2. The summed E-state index contributed by atoms with van der Waals surface area (Å²) in [5.41, 5.74) is 3.10. The molecule has 0 fully saturated rings. The largest absolute Gasteiger partial charge is 0.454 e. The maximum atomic E-state index is 11.5. The molecule has 0 aromatic heterocycles. The molecule has 3 nitrogen and oxygen atoms in total. The van der Waals surface area contributed by atoms with Gasteiger partial charge in [-0.1, -0.05) is 39.8 Å². The minimum Gasteiger partial charge on any atom is -0.454 e. The van der Waals surface area contributed by atoms with Gasteiger partial charge >= 0.3 is 0 Å². The SMILES string of the molecule is CC(=O)Nc1ccc(C(C)C)cc1Oc1cc(C(C)C)ccc1I. The first-order chi connectivity index (χ1) is 11.3. The number of carbonyl (C=O) groups excluding carboxylic acids is 1. The van der Waals surface area contributed by atoms with E-state index in [0.29, 0.717) is 23.3 Å². The third kappa shape index (κ3) is 4.72. The number of benzene rings is 2. The van der Waals surface area contributed by atoms with Crippen LogP contribution in [0.2, 0.25) is 0 Å². The molecule has 0 unspecified atom stereocenters. The van der Waals surface area contributed by atoms with E-state index in [0.717, 1.165) is 9.32 Å². The fraction of sp³-hybridized carbons (Fsp3) is 0.350.